The van der Waals surface area contributed by atoms with Crippen molar-refractivity contribution in [3.63, 3.8) is 0 Å². The van der Waals surface area contributed by atoms with Gasteiger partial charge in [-0.15, -0.1) is 0 Å². The van der Waals surface area contributed by atoms with Gasteiger partial charge in [0.1, 0.15) is 0 Å². The van der Waals surface area contributed by atoms with Crippen molar-refractivity contribution in [2.75, 3.05) is 25.0 Å². The van der Waals surface area contributed by atoms with Crippen LogP contribution in [0.1, 0.15) is 12.0 Å². The second-order valence-electron chi connectivity index (χ2n) is 6.08. The second kappa shape index (κ2) is 8.84. The minimum atomic E-state index is -0.429. The molecule has 0 bridgehead atoms. The number of nitrogens with zero attached hydrogens (tertiary/aromatic N) is 3. The molecule has 0 radical (unpaired) electrons. The molecule has 1 aromatic heterocycles. The summed E-state index contributed by atoms with van der Waals surface area (Å²) >= 11 is 0. The Kier molecular flexibility index (Phi) is 6.54. The number of carbonyl (C=O) groups excluding carboxylic acids is 1. The third-order valence-electron chi connectivity index (χ3n) is 4.05. The Labute approximate surface area is 152 Å². The normalized spacial score (nSPS) is 10.9. The molecule has 0 spiro atoms. The van der Waals surface area contributed by atoms with Crippen LogP contribution in [0.5, 0.6) is 0 Å². The first-order valence-corrected chi connectivity index (χ1v) is 8.39. The third kappa shape index (κ3) is 4.95. The van der Waals surface area contributed by atoms with Gasteiger partial charge in [-0.1, -0.05) is 18.2 Å². The molecule has 2 aromatic rings. The number of anilines is 1. The van der Waals surface area contributed by atoms with Crippen molar-refractivity contribution in [3.8, 4) is 0 Å². The van der Waals surface area contributed by atoms with Gasteiger partial charge in [0.2, 0.25) is 5.91 Å². The van der Waals surface area contributed by atoms with Crippen LogP contribution in [0.3, 0.4) is 0 Å². The lowest BCUT2D eigenvalue weighted by atomic mass is 10.2. The number of hydrogen-bond donors (Lipinski definition) is 1. The highest BCUT2D eigenvalue weighted by atomic mass is 16.2. The molecular weight excluding hydrogens is 332 g/mol. The molecule has 7 nitrogen and oxygen atoms in total. The lowest BCUT2D eigenvalue weighted by molar-refractivity contribution is -0.116. The topological polar surface area (TPSA) is 76.3 Å². The molecule has 1 N–H and O–H groups in total. The molecule has 1 heterocycles. The van der Waals surface area contributed by atoms with Crippen LogP contribution < -0.4 is 21.5 Å². The molecule has 0 saturated heterocycles. The van der Waals surface area contributed by atoms with Gasteiger partial charge in [0.15, 0.2) is 0 Å². The minimum absolute atomic E-state index is 0.275. The van der Waals surface area contributed by atoms with Crippen molar-refractivity contribution in [3.05, 3.63) is 69.0 Å². The van der Waals surface area contributed by atoms with Crippen molar-refractivity contribution >= 4 is 17.7 Å². The molecule has 0 saturated carbocycles. The smallest absolute Gasteiger partial charge is 0.330 e. The van der Waals surface area contributed by atoms with Gasteiger partial charge in [-0.25, -0.2) is 4.79 Å². The summed E-state index contributed by atoms with van der Waals surface area (Å²) in [5.41, 5.74) is 0.582. The van der Waals surface area contributed by atoms with Crippen molar-refractivity contribution < 1.29 is 4.79 Å². The van der Waals surface area contributed by atoms with Crippen LogP contribution in [-0.2, 0) is 18.9 Å². The number of hydrogen-bond acceptors (Lipinski definition) is 4. The van der Waals surface area contributed by atoms with E-state index >= 15 is 0 Å². The molecule has 0 aliphatic heterocycles. The van der Waals surface area contributed by atoms with E-state index in [1.54, 1.807) is 7.05 Å². The van der Waals surface area contributed by atoms with Crippen molar-refractivity contribution in [1.82, 2.24) is 14.5 Å². The van der Waals surface area contributed by atoms with Crippen LogP contribution in [-0.4, -0.2) is 35.2 Å². The fourth-order valence-corrected chi connectivity index (χ4v) is 2.51. The highest BCUT2D eigenvalue weighted by Gasteiger charge is 2.05. The molecule has 0 fully saturated rings. The van der Waals surface area contributed by atoms with E-state index in [0.29, 0.717) is 6.54 Å². The molecule has 0 atom stereocenters. The van der Waals surface area contributed by atoms with Gasteiger partial charge >= 0.3 is 5.69 Å². The molecule has 0 aliphatic rings. The molecule has 7 heteroatoms. The van der Waals surface area contributed by atoms with E-state index in [1.165, 1.54) is 30.0 Å². The van der Waals surface area contributed by atoms with E-state index in [-0.39, 0.29) is 11.5 Å². The average molecular weight is 356 g/mol. The highest BCUT2D eigenvalue weighted by Crippen LogP contribution is 2.10. The zero-order valence-electron chi connectivity index (χ0n) is 15.3. The molecule has 2 rings (SSSR count). The highest BCUT2D eigenvalue weighted by molar-refractivity contribution is 5.91. The van der Waals surface area contributed by atoms with Gasteiger partial charge in [0, 0.05) is 52.2 Å². The fourth-order valence-electron chi connectivity index (χ4n) is 2.51. The van der Waals surface area contributed by atoms with Gasteiger partial charge in [0.25, 0.3) is 5.56 Å². The summed E-state index contributed by atoms with van der Waals surface area (Å²) in [6.07, 6.45) is 4.95. The SMILES string of the molecule is CN(CCCNC(=O)/C=C/c1cn(C)c(=O)n(C)c1=O)c1ccccc1. The van der Waals surface area contributed by atoms with Crippen LogP contribution in [0.25, 0.3) is 6.08 Å². The number of amides is 1. The van der Waals surface area contributed by atoms with Gasteiger partial charge in [0.05, 0.1) is 5.56 Å². The van der Waals surface area contributed by atoms with Crippen molar-refractivity contribution in [1.29, 1.82) is 0 Å². The summed E-state index contributed by atoms with van der Waals surface area (Å²) in [6.45, 7) is 1.35. The lowest BCUT2D eigenvalue weighted by Gasteiger charge is -2.19. The Morgan fingerprint density at radius 3 is 2.58 bits per heavy atom. The summed E-state index contributed by atoms with van der Waals surface area (Å²) < 4.78 is 2.31. The molecule has 0 aliphatic carbocycles. The van der Waals surface area contributed by atoms with Crippen LogP contribution >= 0.6 is 0 Å². The predicted octanol–water partition coefficient (Wildman–Crippen LogP) is 0.740. The Morgan fingerprint density at radius 1 is 1.19 bits per heavy atom. The molecule has 1 amide bonds. The zero-order valence-corrected chi connectivity index (χ0v) is 15.3. The molecule has 138 valence electrons. The number of carbonyl (C=O) groups is 1. The van der Waals surface area contributed by atoms with Crippen LogP contribution in [0.15, 0.2) is 52.2 Å². The van der Waals surface area contributed by atoms with E-state index < -0.39 is 11.2 Å². The van der Waals surface area contributed by atoms with Crippen molar-refractivity contribution in [2.24, 2.45) is 14.1 Å². The van der Waals surface area contributed by atoms with Crippen LogP contribution in [0.2, 0.25) is 0 Å². The summed E-state index contributed by atoms with van der Waals surface area (Å²) in [5, 5.41) is 2.79. The zero-order chi connectivity index (χ0) is 19.1. The van der Waals surface area contributed by atoms with Gasteiger partial charge in [-0.2, -0.15) is 0 Å². The lowest BCUT2D eigenvalue weighted by Crippen LogP contribution is -2.37. The number of para-hydroxylation sites is 1. The average Bonchev–Trinajstić information content (AvgIpc) is 2.65. The molecule has 0 unspecified atom stereocenters. The van der Waals surface area contributed by atoms with E-state index in [9.17, 15) is 14.4 Å². The number of benzene rings is 1. The maximum atomic E-state index is 12.0. The van der Waals surface area contributed by atoms with E-state index in [1.807, 2.05) is 37.4 Å². The third-order valence-corrected chi connectivity index (χ3v) is 4.05. The van der Waals surface area contributed by atoms with Gasteiger partial charge in [-0.05, 0) is 24.6 Å². The summed E-state index contributed by atoms with van der Waals surface area (Å²) in [7, 11) is 4.97. The van der Waals surface area contributed by atoms with E-state index in [0.717, 1.165) is 23.2 Å². The maximum Gasteiger partial charge on any atom is 0.330 e. The second-order valence-corrected chi connectivity index (χ2v) is 6.08. The van der Waals surface area contributed by atoms with Crippen molar-refractivity contribution in [2.45, 2.75) is 6.42 Å². The first-order valence-electron chi connectivity index (χ1n) is 8.39. The first-order chi connectivity index (χ1) is 12.4. The number of aromatic nitrogens is 2. The minimum Gasteiger partial charge on any atom is -0.375 e. The molecule has 1 aromatic carbocycles. The summed E-state index contributed by atoms with van der Waals surface area (Å²) in [4.78, 5) is 37.6. The standard InChI is InChI=1S/C19H24N4O3/c1-21(16-8-5-4-6-9-16)13-7-12-20-17(24)11-10-15-14-22(2)19(26)23(3)18(15)25/h4-6,8-11,14H,7,12-13H2,1-3H3,(H,20,24)/b11-10+. The monoisotopic (exact) mass is 356 g/mol. The fraction of sp³-hybridized carbons (Fsp3) is 0.316. The summed E-state index contributed by atoms with van der Waals surface area (Å²) in [6, 6.07) is 10.0. The maximum absolute atomic E-state index is 12.0. The van der Waals surface area contributed by atoms with Gasteiger partial charge < -0.3 is 14.8 Å². The Balaban J connectivity index is 1.83. The van der Waals surface area contributed by atoms with E-state index in [2.05, 4.69) is 10.2 Å². The molecule has 26 heavy (non-hydrogen) atoms. The number of nitrogens with one attached hydrogen (secondary N) is 1. The Morgan fingerprint density at radius 2 is 1.88 bits per heavy atom. The predicted molar refractivity (Wildman–Crippen MR) is 103 cm³/mol. The van der Waals surface area contributed by atoms with Crippen LogP contribution in [0.4, 0.5) is 5.69 Å². The number of rotatable bonds is 7. The Hall–Kier alpha value is -3.09. The number of aryl methyl sites for hydroxylation is 1. The van der Waals surface area contributed by atoms with Crippen LogP contribution in [0, 0.1) is 0 Å². The molecular formula is C19H24N4O3. The quantitative estimate of drug-likeness (QED) is 0.586. The largest absolute Gasteiger partial charge is 0.375 e. The first kappa shape index (κ1) is 19.2. The summed E-state index contributed by atoms with van der Waals surface area (Å²) in [5.74, 6) is -0.275. The van der Waals surface area contributed by atoms with E-state index in [4.69, 9.17) is 0 Å². The van der Waals surface area contributed by atoms with Gasteiger partial charge in [-0.3, -0.25) is 14.2 Å². The Bertz CT molecular complexity index is 897.